The van der Waals surface area contributed by atoms with Gasteiger partial charge in [-0.15, -0.1) is 6.42 Å². The zero-order valence-corrected chi connectivity index (χ0v) is 11.0. The van der Waals surface area contributed by atoms with Gasteiger partial charge in [0.15, 0.2) is 0 Å². The predicted molar refractivity (Wildman–Crippen MR) is 70.8 cm³/mol. The molecule has 0 bridgehead atoms. The van der Waals surface area contributed by atoms with Crippen LogP contribution in [0.3, 0.4) is 0 Å². The number of rotatable bonds is 3. The number of piperidine rings is 1. The molecule has 17 heavy (non-hydrogen) atoms. The summed E-state index contributed by atoms with van der Waals surface area (Å²) in [5.41, 5.74) is 0. The van der Waals surface area contributed by atoms with Crippen LogP contribution in [0.4, 0.5) is 0 Å². The second-order valence-electron chi connectivity index (χ2n) is 5.66. The number of hydrogen-bond donors (Lipinski definition) is 0. The van der Waals surface area contributed by atoms with Crippen LogP contribution in [0.25, 0.3) is 0 Å². The normalized spacial score (nSPS) is 32.2. The van der Waals surface area contributed by atoms with Gasteiger partial charge < -0.3 is 9.64 Å². The van der Waals surface area contributed by atoms with Crippen molar-refractivity contribution in [1.82, 2.24) is 4.90 Å². The molecule has 0 N–H and O–H groups in total. The summed E-state index contributed by atoms with van der Waals surface area (Å²) in [4.78, 5) is 2.71. The molecule has 1 aliphatic carbocycles. The third-order valence-electron chi connectivity index (χ3n) is 4.38. The first-order chi connectivity index (χ1) is 8.29. The van der Waals surface area contributed by atoms with Gasteiger partial charge in [0.25, 0.3) is 0 Å². The summed E-state index contributed by atoms with van der Waals surface area (Å²) in [6.07, 6.45) is 13.4. The first-order valence-corrected chi connectivity index (χ1v) is 7.08. The lowest BCUT2D eigenvalue weighted by molar-refractivity contribution is 0.0167. The zero-order chi connectivity index (χ0) is 12.1. The molecule has 1 aliphatic heterocycles. The Morgan fingerprint density at radius 3 is 2.35 bits per heavy atom. The van der Waals surface area contributed by atoms with E-state index in [9.17, 15) is 0 Å². The van der Waals surface area contributed by atoms with E-state index in [1.807, 2.05) is 0 Å². The molecule has 0 radical (unpaired) electrons. The number of likely N-dealkylation sites (tertiary alicyclic amines) is 1. The number of ether oxygens (including phenoxy) is 1. The fraction of sp³-hybridized carbons (Fsp3) is 0.867. The van der Waals surface area contributed by atoms with Crippen molar-refractivity contribution >= 4 is 0 Å². The Bertz CT molecular complexity index is 255. The highest BCUT2D eigenvalue weighted by molar-refractivity contribution is 4.86. The Labute approximate surface area is 106 Å². The van der Waals surface area contributed by atoms with Crippen molar-refractivity contribution in [2.24, 2.45) is 5.92 Å². The molecule has 0 atom stereocenters. The van der Waals surface area contributed by atoms with Crippen molar-refractivity contribution in [3.63, 3.8) is 0 Å². The van der Waals surface area contributed by atoms with Gasteiger partial charge in [-0.05, 0) is 57.5 Å². The van der Waals surface area contributed by atoms with Crippen molar-refractivity contribution in [3.8, 4) is 12.3 Å². The maximum Gasteiger partial charge on any atom is 0.107 e. The molecule has 0 spiro atoms. The maximum atomic E-state index is 5.63. The van der Waals surface area contributed by atoms with Gasteiger partial charge in [0.05, 0.1) is 6.10 Å². The van der Waals surface area contributed by atoms with Crippen LogP contribution in [-0.4, -0.2) is 36.7 Å². The summed E-state index contributed by atoms with van der Waals surface area (Å²) in [6, 6.07) is 0.813. The second-order valence-corrected chi connectivity index (χ2v) is 5.66. The summed E-state index contributed by atoms with van der Waals surface area (Å²) >= 11 is 0. The fourth-order valence-corrected chi connectivity index (χ4v) is 3.14. The van der Waals surface area contributed by atoms with Gasteiger partial charge in [-0.3, -0.25) is 0 Å². The van der Waals surface area contributed by atoms with Crippen molar-refractivity contribution in [2.75, 3.05) is 19.7 Å². The Kier molecular flexibility index (Phi) is 4.88. The molecule has 1 saturated heterocycles. The topological polar surface area (TPSA) is 12.5 Å². The molecule has 96 valence electrons. The maximum absolute atomic E-state index is 5.63. The molecule has 0 aromatic rings. The first-order valence-electron chi connectivity index (χ1n) is 7.08. The van der Waals surface area contributed by atoms with Crippen LogP contribution in [-0.2, 0) is 4.74 Å². The SMILES string of the molecule is C#CCOC1CCC(N2CCC(C)CC2)CC1. The quantitative estimate of drug-likeness (QED) is 0.697. The Morgan fingerprint density at radius 1 is 1.12 bits per heavy atom. The van der Waals surface area contributed by atoms with Crippen molar-refractivity contribution in [1.29, 1.82) is 0 Å². The molecule has 2 nitrogen and oxygen atoms in total. The van der Waals surface area contributed by atoms with Crippen LogP contribution in [0.1, 0.15) is 45.4 Å². The first kappa shape index (κ1) is 12.9. The van der Waals surface area contributed by atoms with Crippen LogP contribution in [0.5, 0.6) is 0 Å². The Balaban J connectivity index is 1.70. The summed E-state index contributed by atoms with van der Waals surface area (Å²) in [5, 5.41) is 0. The van der Waals surface area contributed by atoms with E-state index in [4.69, 9.17) is 11.2 Å². The van der Waals surface area contributed by atoms with Gasteiger partial charge in [0.1, 0.15) is 6.61 Å². The highest BCUT2D eigenvalue weighted by atomic mass is 16.5. The lowest BCUT2D eigenvalue weighted by Crippen LogP contribution is -2.43. The lowest BCUT2D eigenvalue weighted by atomic mass is 9.89. The van der Waals surface area contributed by atoms with Crippen LogP contribution >= 0.6 is 0 Å². The van der Waals surface area contributed by atoms with Gasteiger partial charge in [0, 0.05) is 6.04 Å². The standard InChI is InChI=1S/C15H25NO/c1-3-12-17-15-6-4-14(5-7-15)16-10-8-13(2)9-11-16/h1,13-15H,4-12H2,2H3. The minimum Gasteiger partial charge on any atom is -0.366 e. The van der Waals surface area contributed by atoms with E-state index < -0.39 is 0 Å². The van der Waals surface area contributed by atoms with Gasteiger partial charge in [-0.25, -0.2) is 0 Å². The average molecular weight is 235 g/mol. The van der Waals surface area contributed by atoms with Gasteiger partial charge >= 0.3 is 0 Å². The molecule has 0 amide bonds. The van der Waals surface area contributed by atoms with E-state index in [0.29, 0.717) is 12.7 Å². The van der Waals surface area contributed by atoms with Crippen molar-refractivity contribution < 1.29 is 4.74 Å². The highest BCUT2D eigenvalue weighted by Gasteiger charge is 2.28. The summed E-state index contributed by atoms with van der Waals surface area (Å²) in [6.45, 7) is 5.47. The molecule has 1 heterocycles. The van der Waals surface area contributed by atoms with Crippen molar-refractivity contribution in [3.05, 3.63) is 0 Å². The monoisotopic (exact) mass is 235 g/mol. The molecule has 0 unspecified atom stereocenters. The third-order valence-corrected chi connectivity index (χ3v) is 4.38. The molecular formula is C15H25NO. The van der Waals surface area contributed by atoms with Crippen LogP contribution < -0.4 is 0 Å². The summed E-state index contributed by atoms with van der Waals surface area (Å²) < 4.78 is 5.63. The third kappa shape index (κ3) is 3.72. The second kappa shape index (κ2) is 6.42. The highest BCUT2D eigenvalue weighted by Crippen LogP contribution is 2.28. The van der Waals surface area contributed by atoms with Crippen LogP contribution in [0.15, 0.2) is 0 Å². The van der Waals surface area contributed by atoms with E-state index in [1.165, 1.54) is 51.6 Å². The van der Waals surface area contributed by atoms with E-state index in [2.05, 4.69) is 17.7 Å². The van der Waals surface area contributed by atoms with E-state index >= 15 is 0 Å². The van der Waals surface area contributed by atoms with Gasteiger partial charge in [0.2, 0.25) is 0 Å². The summed E-state index contributed by atoms with van der Waals surface area (Å²) in [7, 11) is 0. The largest absolute Gasteiger partial charge is 0.366 e. The average Bonchev–Trinajstić information content (AvgIpc) is 2.38. The minimum absolute atomic E-state index is 0.422. The minimum atomic E-state index is 0.422. The molecular weight excluding hydrogens is 210 g/mol. The van der Waals surface area contributed by atoms with E-state index in [1.54, 1.807) is 0 Å². The smallest absolute Gasteiger partial charge is 0.107 e. The lowest BCUT2D eigenvalue weighted by Gasteiger charge is -2.40. The Morgan fingerprint density at radius 2 is 1.76 bits per heavy atom. The number of hydrogen-bond acceptors (Lipinski definition) is 2. The fourth-order valence-electron chi connectivity index (χ4n) is 3.14. The zero-order valence-electron chi connectivity index (χ0n) is 11.0. The van der Waals surface area contributed by atoms with Gasteiger partial charge in [-0.1, -0.05) is 12.8 Å². The van der Waals surface area contributed by atoms with E-state index in [-0.39, 0.29) is 0 Å². The molecule has 0 aromatic carbocycles. The van der Waals surface area contributed by atoms with Crippen LogP contribution in [0, 0.1) is 18.3 Å². The van der Waals surface area contributed by atoms with Gasteiger partial charge in [-0.2, -0.15) is 0 Å². The molecule has 2 rings (SSSR count). The Hall–Kier alpha value is -0.520. The van der Waals surface area contributed by atoms with E-state index in [0.717, 1.165) is 12.0 Å². The molecule has 0 aromatic heterocycles. The van der Waals surface area contributed by atoms with Crippen LogP contribution in [0.2, 0.25) is 0 Å². The predicted octanol–water partition coefficient (Wildman–Crippen LogP) is 2.68. The number of terminal acetylenes is 1. The molecule has 2 fully saturated rings. The van der Waals surface area contributed by atoms with Crippen molar-refractivity contribution in [2.45, 2.75) is 57.6 Å². The summed E-state index contributed by atoms with van der Waals surface area (Å²) in [5.74, 6) is 3.49. The molecule has 2 aliphatic rings. The number of nitrogens with zero attached hydrogens (tertiary/aromatic N) is 1. The molecule has 2 heteroatoms. The molecule has 1 saturated carbocycles.